The van der Waals surface area contributed by atoms with E-state index in [0.29, 0.717) is 18.9 Å². The molecule has 1 aliphatic rings. The molecule has 6 heteroatoms. The number of sulfone groups is 1. The highest BCUT2D eigenvalue weighted by molar-refractivity contribution is 7.91. The van der Waals surface area contributed by atoms with E-state index in [4.69, 9.17) is 0 Å². The van der Waals surface area contributed by atoms with Crippen molar-refractivity contribution in [2.45, 2.75) is 39.2 Å². The summed E-state index contributed by atoms with van der Waals surface area (Å²) in [6.45, 7) is 7.10. The Morgan fingerprint density at radius 1 is 1.30 bits per heavy atom. The summed E-state index contributed by atoms with van der Waals surface area (Å²) in [5, 5.41) is 2.89. The second kappa shape index (κ2) is 7.45. The van der Waals surface area contributed by atoms with E-state index in [9.17, 15) is 13.2 Å². The van der Waals surface area contributed by atoms with E-state index < -0.39 is 9.84 Å². The first-order chi connectivity index (χ1) is 10.8. The Kier molecular flexibility index (Phi) is 5.81. The number of likely N-dealkylation sites (N-methyl/N-ethyl adjacent to an activating group) is 1. The molecule has 2 rings (SSSR count). The van der Waals surface area contributed by atoms with Crippen molar-refractivity contribution < 1.29 is 13.2 Å². The van der Waals surface area contributed by atoms with Crippen LogP contribution in [0.5, 0.6) is 0 Å². The molecule has 0 aromatic heterocycles. The number of nitrogens with one attached hydrogen (secondary N) is 1. The molecule has 0 radical (unpaired) electrons. The number of rotatable bonds is 6. The first kappa shape index (κ1) is 17.9. The predicted octanol–water partition coefficient (Wildman–Crippen LogP) is 2.26. The minimum Gasteiger partial charge on any atom is -0.325 e. The van der Waals surface area contributed by atoms with Crippen molar-refractivity contribution in [2.24, 2.45) is 0 Å². The predicted molar refractivity (Wildman–Crippen MR) is 93.5 cm³/mol. The maximum atomic E-state index is 12.2. The third-order valence-corrected chi connectivity index (χ3v) is 6.09. The lowest BCUT2D eigenvalue weighted by molar-refractivity contribution is -0.117. The fourth-order valence-corrected chi connectivity index (χ4v) is 4.66. The van der Waals surface area contributed by atoms with Crippen LogP contribution in [0, 0.1) is 0 Å². The van der Waals surface area contributed by atoms with Crippen molar-refractivity contribution in [3.05, 3.63) is 29.8 Å². The maximum absolute atomic E-state index is 12.2. The Bertz CT molecular complexity index is 638. The number of hydrogen-bond donors (Lipinski definition) is 1. The smallest absolute Gasteiger partial charge is 0.238 e. The molecule has 0 spiro atoms. The van der Waals surface area contributed by atoms with Gasteiger partial charge in [-0.3, -0.25) is 9.69 Å². The Labute approximate surface area is 139 Å². The molecule has 0 saturated carbocycles. The summed E-state index contributed by atoms with van der Waals surface area (Å²) >= 11 is 0. The van der Waals surface area contributed by atoms with Crippen LogP contribution in [-0.2, 0) is 14.6 Å². The molecule has 1 atom stereocenters. The summed E-state index contributed by atoms with van der Waals surface area (Å²) in [4.78, 5) is 14.2. The highest BCUT2D eigenvalue weighted by atomic mass is 32.2. The summed E-state index contributed by atoms with van der Waals surface area (Å²) in [7, 11) is -2.93. The van der Waals surface area contributed by atoms with Crippen LogP contribution in [0.3, 0.4) is 0 Å². The van der Waals surface area contributed by atoms with Gasteiger partial charge in [0.25, 0.3) is 0 Å². The van der Waals surface area contributed by atoms with Gasteiger partial charge in [0.2, 0.25) is 5.91 Å². The molecule has 1 fully saturated rings. The van der Waals surface area contributed by atoms with E-state index in [0.717, 1.165) is 5.69 Å². The number of anilines is 1. The van der Waals surface area contributed by atoms with Gasteiger partial charge in [0, 0.05) is 11.7 Å². The van der Waals surface area contributed by atoms with Crippen LogP contribution in [0.1, 0.15) is 38.7 Å². The van der Waals surface area contributed by atoms with E-state index in [-0.39, 0.29) is 30.0 Å². The SMILES string of the molecule is CCN(CC(=O)Nc1ccc(C(C)C)cc1)C1CCS(=O)(=O)C1. The van der Waals surface area contributed by atoms with Gasteiger partial charge in [-0.2, -0.15) is 0 Å². The maximum Gasteiger partial charge on any atom is 0.238 e. The van der Waals surface area contributed by atoms with Crippen LogP contribution in [0.15, 0.2) is 24.3 Å². The lowest BCUT2D eigenvalue weighted by atomic mass is 10.0. The largest absolute Gasteiger partial charge is 0.325 e. The van der Waals surface area contributed by atoms with Gasteiger partial charge in [-0.15, -0.1) is 0 Å². The van der Waals surface area contributed by atoms with Crippen molar-refractivity contribution >= 4 is 21.4 Å². The summed E-state index contributed by atoms with van der Waals surface area (Å²) in [6.07, 6.45) is 0.618. The highest BCUT2D eigenvalue weighted by Crippen LogP contribution is 2.19. The molecule has 1 aromatic carbocycles. The summed E-state index contributed by atoms with van der Waals surface area (Å²) in [6, 6.07) is 7.80. The summed E-state index contributed by atoms with van der Waals surface area (Å²) in [5.74, 6) is 0.747. The van der Waals surface area contributed by atoms with Crippen molar-refractivity contribution in [1.82, 2.24) is 4.90 Å². The van der Waals surface area contributed by atoms with Crippen LogP contribution >= 0.6 is 0 Å². The number of carbonyl (C=O) groups excluding carboxylic acids is 1. The van der Waals surface area contributed by atoms with Gasteiger partial charge in [-0.1, -0.05) is 32.9 Å². The fourth-order valence-electron chi connectivity index (χ4n) is 2.90. The fraction of sp³-hybridized carbons (Fsp3) is 0.588. The van der Waals surface area contributed by atoms with E-state index in [1.54, 1.807) is 0 Å². The molecule has 1 aromatic rings. The monoisotopic (exact) mass is 338 g/mol. The zero-order chi connectivity index (χ0) is 17.0. The van der Waals surface area contributed by atoms with Crippen LogP contribution in [0.2, 0.25) is 0 Å². The second-order valence-electron chi connectivity index (χ2n) is 6.44. The van der Waals surface area contributed by atoms with Gasteiger partial charge >= 0.3 is 0 Å². The Hall–Kier alpha value is -1.40. The molecule has 5 nitrogen and oxygen atoms in total. The highest BCUT2D eigenvalue weighted by Gasteiger charge is 2.32. The average molecular weight is 338 g/mol. The van der Waals surface area contributed by atoms with Crippen molar-refractivity contribution in [3.8, 4) is 0 Å². The quantitative estimate of drug-likeness (QED) is 0.864. The van der Waals surface area contributed by atoms with Crippen LogP contribution < -0.4 is 5.32 Å². The molecule has 1 N–H and O–H groups in total. The lowest BCUT2D eigenvalue weighted by Crippen LogP contribution is -2.41. The molecular weight excluding hydrogens is 312 g/mol. The van der Waals surface area contributed by atoms with Gasteiger partial charge in [0.05, 0.1) is 18.1 Å². The molecule has 1 unspecified atom stereocenters. The van der Waals surface area contributed by atoms with E-state index in [1.165, 1.54) is 5.56 Å². The normalized spacial score (nSPS) is 20.1. The van der Waals surface area contributed by atoms with Gasteiger partial charge in [0.1, 0.15) is 0 Å². The third-order valence-electron chi connectivity index (χ3n) is 4.34. The molecule has 0 bridgehead atoms. The summed E-state index contributed by atoms with van der Waals surface area (Å²) in [5.41, 5.74) is 2.00. The molecule has 1 aliphatic heterocycles. The molecule has 1 heterocycles. The minimum atomic E-state index is -2.93. The number of carbonyl (C=O) groups is 1. The van der Waals surface area contributed by atoms with Crippen LogP contribution in [-0.4, -0.2) is 49.9 Å². The Balaban J connectivity index is 1.92. The molecule has 1 saturated heterocycles. The number of nitrogens with zero attached hydrogens (tertiary/aromatic N) is 1. The van der Waals surface area contributed by atoms with Crippen LogP contribution in [0.25, 0.3) is 0 Å². The molecule has 128 valence electrons. The first-order valence-corrected chi connectivity index (χ1v) is 9.97. The van der Waals surface area contributed by atoms with Gasteiger partial charge in [-0.25, -0.2) is 8.42 Å². The topological polar surface area (TPSA) is 66.5 Å². The number of hydrogen-bond acceptors (Lipinski definition) is 4. The molecule has 0 aliphatic carbocycles. The van der Waals surface area contributed by atoms with Gasteiger partial charge in [-0.05, 0) is 36.6 Å². The van der Waals surface area contributed by atoms with Crippen molar-refractivity contribution in [1.29, 1.82) is 0 Å². The zero-order valence-electron chi connectivity index (χ0n) is 14.1. The molecule has 1 amide bonds. The molecule has 23 heavy (non-hydrogen) atoms. The van der Waals surface area contributed by atoms with Crippen LogP contribution in [0.4, 0.5) is 5.69 Å². The minimum absolute atomic E-state index is 0.0425. The Morgan fingerprint density at radius 3 is 2.43 bits per heavy atom. The average Bonchev–Trinajstić information content (AvgIpc) is 2.85. The van der Waals surface area contributed by atoms with E-state index in [2.05, 4.69) is 19.2 Å². The van der Waals surface area contributed by atoms with Gasteiger partial charge < -0.3 is 5.32 Å². The van der Waals surface area contributed by atoms with Crippen molar-refractivity contribution in [3.63, 3.8) is 0 Å². The van der Waals surface area contributed by atoms with Gasteiger partial charge in [0.15, 0.2) is 9.84 Å². The lowest BCUT2D eigenvalue weighted by Gasteiger charge is -2.25. The molecular formula is C17H26N2O3S. The number of benzene rings is 1. The number of amides is 1. The standard InChI is InChI=1S/C17H26N2O3S/c1-4-19(16-9-10-23(21,22)12-16)11-17(20)18-15-7-5-14(6-8-15)13(2)3/h5-8,13,16H,4,9-12H2,1-3H3,(H,18,20). The zero-order valence-corrected chi connectivity index (χ0v) is 14.9. The van der Waals surface area contributed by atoms with Crippen molar-refractivity contribution in [2.75, 3.05) is 29.9 Å². The second-order valence-corrected chi connectivity index (χ2v) is 8.67. The summed E-state index contributed by atoms with van der Waals surface area (Å²) < 4.78 is 23.2. The van der Waals surface area contributed by atoms with E-state index in [1.807, 2.05) is 36.1 Å². The first-order valence-electron chi connectivity index (χ1n) is 8.15. The Morgan fingerprint density at radius 2 is 1.96 bits per heavy atom. The van der Waals surface area contributed by atoms with E-state index >= 15 is 0 Å². The third kappa shape index (κ3) is 5.04.